The van der Waals surface area contributed by atoms with E-state index in [1.54, 1.807) is 18.9 Å². The number of hydrogen-bond donors (Lipinski definition) is 1. The van der Waals surface area contributed by atoms with E-state index < -0.39 is 5.97 Å². The van der Waals surface area contributed by atoms with Gasteiger partial charge in [-0.05, 0) is 35.7 Å². The van der Waals surface area contributed by atoms with E-state index in [4.69, 9.17) is 10.5 Å². The van der Waals surface area contributed by atoms with Gasteiger partial charge in [0.1, 0.15) is 4.88 Å². The summed E-state index contributed by atoms with van der Waals surface area (Å²) in [5, 5.41) is 0.851. The van der Waals surface area contributed by atoms with E-state index in [9.17, 15) is 9.59 Å². The molecular formula is C20H18N2O3S. The molecule has 1 aromatic heterocycles. The average molecular weight is 366 g/mol. The highest BCUT2D eigenvalue weighted by molar-refractivity contribution is 7.22. The third-order valence-corrected chi connectivity index (χ3v) is 5.85. The van der Waals surface area contributed by atoms with Crippen LogP contribution in [0.5, 0.6) is 0 Å². The van der Waals surface area contributed by atoms with Gasteiger partial charge in [0.15, 0.2) is 0 Å². The summed E-state index contributed by atoms with van der Waals surface area (Å²) in [5.41, 5.74) is 10.4. The molecule has 0 saturated heterocycles. The minimum absolute atomic E-state index is 0.0507. The molecule has 0 atom stereocenters. The molecule has 0 spiro atoms. The second kappa shape index (κ2) is 6.14. The lowest BCUT2D eigenvalue weighted by atomic mass is 9.99. The lowest BCUT2D eigenvalue weighted by Gasteiger charge is -2.06. The number of amides is 1. The number of carbonyl (C=O) groups is 2. The molecule has 0 aliphatic carbocycles. The van der Waals surface area contributed by atoms with Crippen LogP contribution in [-0.2, 0) is 11.3 Å². The van der Waals surface area contributed by atoms with Gasteiger partial charge >= 0.3 is 5.97 Å². The minimum Gasteiger partial charge on any atom is -0.462 e. The van der Waals surface area contributed by atoms with Gasteiger partial charge in [0.25, 0.3) is 5.91 Å². The van der Waals surface area contributed by atoms with Gasteiger partial charge in [0, 0.05) is 29.2 Å². The Morgan fingerprint density at radius 2 is 2.08 bits per heavy atom. The molecular weight excluding hydrogens is 348 g/mol. The Labute approximate surface area is 155 Å². The number of carbonyl (C=O) groups excluding carboxylic acids is 2. The van der Waals surface area contributed by atoms with Gasteiger partial charge in [-0.2, -0.15) is 0 Å². The van der Waals surface area contributed by atoms with Crippen LogP contribution < -0.4 is 5.73 Å². The standard InChI is InChI=1S/C20H18N2O3S/c1-3-25-20(24)18-16(21)15-6-4-5-13(17(15)26-18)11-7-8-14-12(9-11)10-22(2)19(14)23/h4-9H,3,10,21H2,1-2H3. The number of nitrogens with zero attached hydrogens (tertiary/aromatic N) is 1. The number of fused-ring (bicyclic) bond motifs is 2. The maximum Gasteiger partial charge on any atom is 0.350 e. The number of nitrogens with two attached hydrogens (primary N) is 1. The van der Waals surface area contributed by atoms with E-state index in [1.807, 2.05) is 36.4 Å². The quantitative estimate of drug-likeness (QED) is 0.713. The number of thiophene rings is 1. The smallest absolute Gasteiger partial charge is 0.350 e. The van der Waals surface area contributed by atoms with Crippen LogP contribution in [-0.4, -0.2) is 30.4 Å². The number of hydrogen-bond acceptors (Lipinski definition) is 5. The van der Waals surface area contributed by atoms with Crippen molar-refractivity contribution < 1.29 is 14.3 Å². The second-order valence-corrected chi connectivity index (χ2v) is 7.30. The first-order valence-electron chi connectivity index (χ1n) is 8.38. The molecule has 3 aromatic rings. The maximum atomic E-state index is 12.2. The molecule has 0 unspecified atom stereocenters. The summed E-state index contributed by atoms with van der Waals surface area (Å²) in [6.45, 7) is 2.69. The zero-order valence-corrected chi connectivity index (χ0v) is 15.4. The van der Waals surface area contributed by atoms with Crippen molar-refractivity contribution in [2.45, 2.75) is 13.5 Å². The normalized spacial score (nSPS) is 13.3. The largest absolute Gasteiger partial charge is 0.462 e. The van der Waals surface area contributed by atoms with Crippen LogP contribution in [0.3, 0.4) is 0 Å². The highest BCUT2D eigenvalue weighted by Crippen LogP contribution is 2.41. The molecule has 6 heteroatoms. The van der Waals surface area contributed by atoms with Crippen molar-refractivity contribution in [2.24, 2.45) is 0 Å². The third kappa shape index (κ3) is 2.45. The second-order valence-electron chi connectivity index (χ2n) is 6.28. The van der Waals surface area contributed by atoms with Crippen LogP contribution in [0.1, 0.15) is 32.5 Å². The summed E-state index contributed by atoms with van der Waals surface area (Å²) < 4.78 is 6.07. The number of anilines is 1. The Bertz CT molecular complexity index is 1050. The van der Waals surface area contributed by atoms with E-state index in [2.05, 4.69) is 0 Å². The summed E-state index contributed by atoms with van der Waals surface area (Å²) in [6, 6.07) is 11.7. The highest BCUT2D eigenvalue weighted by atomic mass is 32.1. The number of rotatable bonds is 3. The first kappa shape index (κ1) is 16.6. The fourth-order valence-electron chi connectivity index (χ4n) is 3.35. The van der Waals surface area contributed by atoms with E-state index >= 15 is 0 Å². The lowest BCUT2D eigenvalue weighted by molar-refractivity contribution is 0.0533. The van der Waals surface area contributed by atoms with E-state index in [-0.39, 0.29) is 5.91 Å². The van der Waals surface area contributed by atoms with E-state index in [0.717, 1.165) is 32.3 Å². The average Bonchev–Trinajstić information content (AvgIpc) is 3.12. The Hall–Kier alpha value is -2.86. The molecule has 0 radical (unpaired) electrons. The zero-order chi connectivity index (χ0) is 18.4. The molecule has 2 heterocycles. The van der Waals surface area contributed by atoms with E-state index in [1.165, 1.54) is 11.3 Å². The summed E-state index contributed by atoms with van der Waals surface area (Å²) in [5.74, 6) is -0.340. The van der Waals surface area contributed by atoms with Gasteiger partial charge in [-0.1, -0.05) is 24.3 Å². The molecule has 2 N–H and O–H groups in total. The SMILES string of the molecule is CCOC(=O)c1sc2c(-c3ccc4c(c3)CN(C)C4=O)cccc2c1N. The minimum atomic E-state index is -0.390. The Morgan fingerprint density at radius 3 is 2.85 bits per heavy atom. The van der Waals surface area contributed by atoms with Gasteiger partial charge in [0.2, 0.25) is 0 Å². The van der Waals surface area contributed by atoms with Gasteiger partial charge in [-0.3, -0.25) is 4.79 Å². The maximum absolute atomic E-state index is 12.2. The fourth-order valence-corrected chi connectivity index (χ4v) is 4.50. The molecule has 1 aliphatic heterocycles. The molecule has 26 heavy (non-hydrogen) atoms. The number of nitrogen functional groups attached to an aromatic ring is 1. The Kier molecular flexibility index (Phi) is 3.92. The van der Waals surface area contributed by atoms with Crippen molar-refractivity contribution >= 4 is 39.0 Å². The zero-order valence-electron chi connectivity index (χ0n) is 14.5. The highest BCUT2D eigenvalue weighted by Gasteiger charge is 2.25. The molecule has 132 valence electrons. The molecule has 5 nitrogen and oxygen atoms in total. The summed E-state index contributed by atoms with van der Waals surface area (Å²) in [7, 11) is 1.80. The van der Waals surface area contributed by atoms with Crippen molar-refractivity contribution in [1.82, 2.24) is 4.90 Å². The Morgan fingerprint density at radius 1 is 1.27 bits per heavy atom. The van der Waals surface area contributed by atoms with Crippen molar-refractivity contribution in [1.29, 1.82) is 0 Å². The topological polar surface area (TPSA) is 72.6 Å². The van der Waals surface area contributed by atoms with Crippen molar-refractivity contribution in [2.75, 3.05) is 19.4 Å². The summed E-state index contributed by atoms with van der Waals surface area (Å²) in [6.07, 6.45) is 0. The van der Waals surface area contributed by atoms with Gasteiger partial charge in [0.05, 0.1) is 12.3 Å². The molecule has 0 bridgehead atoms. The molecule has 0 saturated carbocycles. The lowest BCUT2D eigenvalue weighted by Crippen LogP contribution is -2.17. The van der Waals surface area contributed by atoms with E-state index in [0.29, 0.717) is 23.7 Å². The summed E-state index contributed by atoms with van der Waals surface area (Å²) in [4.78, 5) is 26.4. The predicted molar refractivity (Wildman–Crippen MR) is 103 cm³/mol. The van der Waals surface area contributed by atoms with Gasteiger partial charge in [-0.25, -0.2) is 4.79 Å². The predicted octanol–water partition coefficient (Wildman–Crippen LogP) is 3.91. The van der Waals surface area contributed by atoms with Crippen LogP contribution in [0.2, 0.25) is 0 Å². The van der Waals surface area contributed by atoms with Crippen LogP contribution in [0.15, 0.2) is 36.4 Å². The number of ether oxygens (including phenoxy) is 1. The first-order chi connectivity index (χ1) is 12.5. The van der Waals surface area contributed by atoms with Crippen molar-refractivity contribution in [3.8, 4) is 11.1 Å². The number of esters is 1. The van der Waals surface area contributed by atoms with Gasteiger partial charge < -0.3 is 15.4 Å². The molecule has 2 aromatic carbocycles. The summed E-state index contributed by atoms with van der Waals surface area (Å²) >= 11 is 1.35. The van der Waals surface area contributed by atoms with Crippen molar-refractivity contribution in [3.05, 3.63) is 52.4 Å². The van der Waals surface area contributed by atoms with Crippen molar-refractivity contribution in [3.63, 3.8) is 0 Å². The van der Waals surface area contributed by atoms with Crippen LogP contribution in [0, 0.1) is 0 Å². The molecule has 4 rings (SSSR count). The van der Waals surface area contributed by atoms with Crippen LogP contribution in [0.25, 0.3) is 21.2 Å². The molecule has 0 fully saturated rings. The third-order valence-electron chi connectivity index (χ3n) is 4.62. The molecule has 1 amide bonds. The first-order valence-corrected chi connectivity index (χ1v) is 9.19. The number of benzene rings is 2. The van der Waals surface area contributed by atoms with Crippen LogP contribution >= 0.6 is 11.3 Å². The molecule has 1 aliphatic rings. The van der Waals surface area contributed by atoms with Gasteiger partial charge in [-0.15, -0.1) is 11.3 Å². The Balaban J connectivity index is 1.86. The fraction of sp³-hybridized carbons (Fsp3) is 0.200. The van der Waals surface area contributed by atoms with Crippen LogP contribution in [0.4, 0.5) is 5.69 Å². The monoisotopic (exact) mass is 366 g/mol.